The Morgan fingerprint density at radius 1 is 0.905 bits per heavy atom. The molecule has 1 heterocycles. The van der Waals surface area contributed by atoms with Gasteiger partial charge in [0.05, 0.1) is 24.4 Å². The van der Waals surface area contributed by atoms with Crippen LogP contribution in [-0.4, -0.2) is 46.2 Å². The lowest BCUT2D eigenvalue weighted by Crippen LogP contribution is -2.43. The van der Waals surface area contributed by atoms with E-state index in [0.717, 1.165) is 12.8 Å². The highest BCUT2D eigenvalue weighted by atomic mass is 16.3. The number of rotatable bonds is 12. The van der Waals surface area contributed by atoms with Crippen molar-refractivity contribution in [3.8, 4) is 0 Å². The van der Waals surface area contributed by atoms with Gasteiger partial charge in [-0.2, -0.15) is 0 Å². The molecular weight excluding hydrogens is 266 g/mol. The van der Waals surface area contributed by atoms with Crippen molar-refractivity contribution in [1.29, 1.82) is 0 Å². The molecule has 0 saturated carbocycles. The first-order valence-electron chi connectivity index (χ1n) is 8.94. The molecule has 1 saturated heterocycles. The van der Waals surface area contributed by atoms with Crippen molar-refractivity contribution in [2.45, 2.75) is 102 Å². The fourth-order valence-electron chi connectivity index (χ4n) is 3.12. The molecule has 0 aliphatic carbocycles. The Hall–Kier alpha value is -0.160. The third-order valence-corrected chi connectivity index (χ3v) is 4.59. The first-order chi connectivity index (χ1) is 10.2. The Balaban J connectivity index is 1.90. The van der Waals surface area contributed by atoms with Crippen LogP contribution in [0.25, 0.3) is 0 Å². The van der Waals surface area contributed by atoms with E-state index in [2.05, 4.69) is 12.2 Å². The molecule has 0 aromatic rings. The highest BCUT2D eigenvalue weighted by molar-refractivity contribution is 4.94. The molecule has 1 rings (SSSR count). The van der Waals surface area contributed by atoms with E-state index in [1.807, 2.05) is 0 Å². The predicted molar refractivity (Wildman–Crippen MR) is 86.3 cm³/mol. The van der Waals surface area contributed by atoms with Gasteiger partial charge in [-0.05, 0) is 6.42 Å². The Morgan fingerprint density at radius 3 is 1.90 bits per heavy atom. The molecule has 4 atom stereocenters. The molecule has 0 radical (unpaired) electrons. The van der Waals surface area contributed by atoms with Crippen molar-refractivity contribution in [3.63, 3.8) is 0 Å². The quantitative estimate of drug-likeness (QED) is 0.418. The number of unbranched alkanes of at least 4 members (excludes halogenated alkanes) is 9. The van der Waals surface area contributed by atoms with Crippen LogP contribution in [0.3, 0.4) is 0 Å². The summed E-state index contributed by atoms with van der Waals surface area (Å²) >= 11 is 0. The zero-order chi connectivity index (χ0) is 15.5. The number of aliphatic hydroxyl groups is 3. The topological polar surface area (TPSA) is 72.7 Å². The minimum Gasteiger partial charge on any atom is -0.391 e. The van der Waals surface area contributed by atoms with Crippen molar-refractivity contribution in [2.75, 3.05) is 6.54 Å². The Morgan fingerprint density at radius 2 is 1.43 bits per heavy atom. The van der Waals surface area contributed by atoms with Crippen LogP contribution in [0.1, 0.15) is 77.6 Å². The molecule has 1 aliphatic heterocycles. The van der Waals surface area contributed by atoms with Gasteiger partial charge in [-0.15, -0.1) is 0 Å². The van der Waals surface area contributed by atoms with Gasteiger partial charge >= 0.3 is 0 Å². The van der Waals surface area contributed by atoms with Gasteiger partial charge in [0.1, 0.15) is 0 Å². The Kier molecular flexibility index (Phi) is 10.3. The molecule has 4 N–H and O–H groups in total. The summed E-state index contributed by atoms with van der Waals surface area (Å²) < 4.78 is 0. The van der Waals surface area contributed by atoms with Crippen LogP contribution in [0, 0.1) is 0 Å². The Labute approximate surface area is 130 Å². The number of hydrogen-bond acceptors (Lipinski definition) is 4. The smallest absolute Gasteiger partial charge is 0.0989 e. The fourth-order valence-corrected chi connectivity index (χ4v) is 3.12. The summed E-state index contributed by atoms with van der Waals surface area (Å²) in [4.78, 5) is 0. The third kappa shape index (κ3) is 7.59. The van der Waals surface area contributed by atoms with Gasteiger partial charge < -0.3 is 20.6 Å². The Bertz CT molecular complexity index is 250. The zero-order valence-corrected chi connectivity index (χ0v) is 13.6. The highest BCUT2D eigenvalue weighted by Crippen LogP contribution is 2.17. The third-order valence-electron chi connectivity index (χ3n) is 4.59. The summed E-state index contributed by atoms with van der Waals surface area (Å²) in [6.45, 7) is 2.62. The van der Waals surface area contributed by atoms with Gasteiger partial charge in [0.15, 0.2) is 0 Å². The number of hydrogen-bond donors (Lipinski definition) is 4. The fraction of sp³-hybridized carbons (Fsp3) is 1.00. The van der Waals surface area contributed by atoms with E-state index in [0.29, 0.717) is 13.0 Å². The van der Waals surface area contributed by atoms with Crippen molar-refractivity contribution in [3.05, 3.63) is 0 Å². The number of β-amino-alcohol motifs (C(OH)–C–C–N with tert-alkyl or cyclic N) is 1. The van der Waals surface area contributed by atoms with E-state index in [-0.39, 0.29) is 6.04 Å². The maximum absolute atomic E-state index is 10.0. The van der Waals surface area contributed by atoms with Crippen molar-refractivity contribution < 1.29 is 15.3 Å². The molecular formula is C17H35NO3. The minimum absolute atomic E-state index is 0.362. The lowest BCUT2D eigenvalue weighted by Gasteiger charge is -2.22. The number of nitrogens with one attached hydrogen (secondary N) is 1. The second-order valence-electron chi connectivity index (χ2n) is 6.53. The zero-order valence-electron chi connectivity index (χ0n) is 13.6. The van der Waals surface area contributed by atoms with Crippen LogP contribution in [0.4, 0.5) is 0 Å². The van der Waals surface area contributed by atoms with E-state index >= 15 is 0 Å². The summed E-state index contributed by atoms with van der Waals surface area (Å²) in [5.41, 5.74) is 0. The van der Waals surface area contributed by atoms with Gasteiger partial charge in [0.2, 0.25) is 0 Å². The highest BCUT2D eigenvalue weighted by Gasteiger charge is 2.37. The van der Waals surface area contributed by atoms with Gasteiger partial charge in [-0.25, -0.2) is 0 Å². The largest absolute Gasteiger partial charge is 0.391 e. The average molecular weight is 301 g/mol. The molecule has 4 heteroatoms. The van der Waals surface area contributed by atoms with Crippen LogP contribution in [0.5, 0.6) is 0 Å². The molecule has 1 unspecified atom stereocenters. The normalized spacial score (nSPS) is 27.1. The SMILES string of the molecule is CCCCCCCCCCCCC(O)[C@H]1NC[C@@H](O)[C@@H]1O. The van der Waals surface area contributed by atoms with E-state index in [1.165, 1.54) is 51.4 Å². The summed E-state index contributed by atoms with van der Waals surface area (Å²) in [5, 5.41) is 32.2. The van der Waals surface area contributed by atoms with Gasteiger partial charge in [-0.1, -0.05) is 71.1 Å². The second kappa shape index (κ2) is 11.4. The molecule has 0 amide bonds. The molecule has 4 nitrogen and oxygen atoms in total. The van der Waals surface area contributed by atoms with Gasteiger partial charge in [-0.3, -0.25) is 0 Å². The van der Waals surface area contributed by atoms with Gasteiger partial charge in [0.25, 0.3) is 0 Å². The van der Waals surface area contributed by atoms with Crippen molar-refractivity contribution >= 4 is 0 Å². The van der Waals surface area contributed by atoms with Crippen LogP contribution in [0.15, 0.2) is 0 Å². The molecule has 0 bridgehead atoms. The number of aliphatic hydroxyl groups excluding tert-OH is 3. The van der Waals surface area contributed by atoms with Crippen LogP contribution in [-0.2, 0) is 0 Å². The van der Waals surface area contributed by atoms with Gasteiger partial charge in [0, 0.05) is 6.54 Å². The summed E-state index contributed by atoms with van der Waals surface area (Å²) in [7, 11) is 0. The van der Waals surface area contributed by atoms with E-state index < -0.39 is 18.3 Å². The summed E-state index contributed by atoms with van der Waals surface area (Å²) in [6, 6.07) is -0.362. The van der Waals surface area contributed by atoms with E-state index in [4.69, 9.17) is 0 Å². The summed E-state index contributed by atoms with van der Waals surface area (Å²) in [6.07, 6.45) is 11.4. The lowest BCUT2D eigenvalue weighted by molar-refractivity contribution is 0.00410. The second-order valence-corrected chi connectivity index (χ2v) is 6.53. The van der Waals surface area contributed by atoms with E-state index in [1.54, 1.807) is 0 Å². The predicted octanol–water partition coefficient (Wildman–Crippen LogP) is 2.35. The maximum atomic E-state index is 10.0. The van der Waals surface area contributed by atoms with Crippen molar-refractivity contribution in [1.82, 2.24) is 5.32 Å². The standard InChI is InChI=1S/C17H35NO3/c1-2-3-4-5-6-7-8-9-10-11-12-14(19)16-17(21)15(20)13-18-16/h14-21H,2-13H2,1H3/t14?,15-,16-,17+/m1/s1. The molecule has 1 aliphatic rings. The first kappa shape index (κ1) is 18.9. The lowest BCUT2D eigenvalue weighted by atomic mass is 9.99. The average Bonchev–Trinajstić information content (AvgIpc) is 2.81. The molecule has 1 fully saturated rings. The summed E-state index contributed by atoms with van der Waals surface area (Å²) in [5.74, 6) is 0. The molecule has 0 aromatic heterocycles. The van der Waals surface area contributed by atoms with Crippen LogP contribution < -0.4 is 5.32 Å². The molecule has 0 aromatic carbocycles. The first-order valence-corrected chi connectivity index (χ1v) is 8.94. The van der Waals surface area contributed by atoms with Crippen LogP contribution >= 0.6 is 0 Å². The van der Waals surface area contributed by atoms with Crippen molar-refractivity contribution in [2.24, 2.45) is 0 Å². The minimum atomic E-state index is -0.830. The van der Waals surface area contributed by atoms with E-state index in [9.17, 15) is 15.3 Å². The molecule has 21 heavy (non-hydrogen) atoms. The molecule has 126 valence electrons. The maximum Gasteiger partial charge on any atom is 0.0989 e. The monoisotopic (exact) mass is 301 g/mol. The van der Waals surface area contributed by atoms with Crippen LogP contribution in [0.2, 0.25) is 0 Å². The molecule has 0 spiro atoms.